The zero-order valence-corrected chi connectivity index (χ0v) is 13.8. The van der Waals surface area contributed by atoms with Crippen molar-refractivity contribution in [1.29, 1.82) is 0 Å². The molecule has 23 heavy (non-hydrogen) atoms. The minimum atomic E-state index is 0.0525. The standard InChI is InChI=1S/C17H23N5O/c1-13(23)14-5-7-15(8-6-14)20-17-19-11-9-16(21-17)18-10-4-12-22(2)3/h5-9,11H,4,10,12H2,1-3H3,(H2,18,19,20,21). The molecular weight excluding hydrogens is 290 g/mol. The molecule has 6 nitrogen and oxygen atoms in total. The monoisotopic (exact) mass is 313 g/mol. The van der Waals surface area contributed by atoms with Crippen LogP contribution >= 0.6 is 0 Å². The van der Waals surface area contributed by atoms with E-state index in [0.29, 0.717) is 11.5 Å². The Morgan fingerprint density at radius 2 is 1.91 bits per heavy atom. The van der Waals surface area contributed by atoms with Crippen molar-refractivity contribution in [2.45, 2.75) is 13.3 Å². The lowest BCUT2D eigenvalue weighted by molar-refractivity contribution is 0.101. The van der Waals surface area contributed by atoms with Crippen LogP contribution in [0.3, 0.4) is 0 Å². The van der Waals surface area contributed by atoms with Gasteiger partial charge in [-0.05, 0) is 64.3 Å². The van der Waals surface area contributed by atoms with Gasteiger partial charge in [0.05, 0.1) is 0 Å². The predicted octanol–water partition coefficient (Wildman–Crippen LogP) is 2.79. The van der Waals surface area contributed by atoms with Crippen LogP contribution in [-0.4, -0.2) is 47.8 Å². The van der Waals surface area contributed by atoms with Crippen molar-refractivity contribution in [2.24, 2.45) is 0 Å². The second-order valence-electron chi connectivity index (χ2n) is 5.61. The average molecular weight is 313 g/mol. The topological polar surface area (TPSA) is 70.2 Å². The summed E-state index contributed by atoms with van der Waals surface area (Å²) in [7, 11) is 4.12. The first-order chi connectivity index (χ1) is 11.0. The largest absolute Gasteiger partial charge is 0.370 e. The van der Waals surface area contributed by atoms with Crippen LogP contribution in [0.5, 0.6) is 0 Å². The van der Waals surface area contributed by atoms with Gasteiger partial charge < -0.3 is 15.5 Å². The van der Waals surface area contributed by atoms with Crippen molar-refractivity contribution in [3.63, 3.8) is 0 Å². The van der Waals surface area contributed by atoms with Crippen molar-refractivity contribution in [1.82, 2.24) is 14.9 Å². The van der Waals surface area contributed by atoms with E-state index in [0.717, 1.165) is 31.0 Å². The molecule has 0 aliphatic carbocycles. The van der Waals surface area contributed by atoms with Gasteiger partial charge in [-0.25, -0.2) is 4.98 Å². The second-order valence-corrected chi connectivity index (χ2v) is 5.61. The smallest absolute Gasteiger partial charge is 0.229 e. The summed E-state index contributed by atoms with van der Waals surface area (Å²) in [6, 6.07) is 9.11. The molecule has 0 atom stereocenters. The van der Waals surface area contributed by atoms with Gasteiger partial charge in [0.2, 0.25) is 5.95 Å². The number of hydrogen-bond donors (Lipinski definition) is 2. The predicted molar refractivity (Wildman–Crippen MR) is 93.4 cm³/mol. The third-order valence-corrected chi connectivity index (χ3v) is 3.29. The van der Waals surface area contributed by atoms with Gasteiger partial charge in [0, 0.05) is 24.0 Å². The fourth-order valence-electron chi connectivity index (χ4n) is 2.05. The van der Waals surface area contributed by atoms with E-state index in [1.165, 1.54) is 0 Å². The number of Topliss-reactive ketones (excluding diaryl/α,β-unsaturated/α-hetero) is 1. The Labute approximate surface area is 137 Å². The SMILES string of the molecule is CC(=O)c1ccc(Nc2nccc(NCCCN(C)C)n2)cc1. The highest BCUT2D eigenvalue weighted by atomic mass is 16.1. The van der Waals surface area contributed by atoms with Crippen LogP contribution in [-0.2, 0) is 0 Å². The van der Waals surface area contributed by atoms with Gasteiger partial charge in [0.25, 0.3) is 0 Å². The van der Waals surface area contributed by atoms with Gasteiger partial charge in [0.1, 0.15) is 5.82 Å². The number of rotatable bonds is 8. The first-order valence-electron chi connectivity index (χ1n) is 7.64. The van der Waals surface area contributed by atoms with E-state index in [4.69, 9.17) is 0 Å². The van der Waals surface area contributed by atoms with Crippen LogP contribution in [0.15, 0.2) is 36.5 Å². The molecule has 2 N–H and O–H groups in total. The van der Waals surface area contributed by atoms with Gasteiger partial charge in [-0.1, -0.05) is 0 Å². The minimum absolute atomic E-state index is 0.0525. The minimum Gasteiger partial charge on any atom is -0.370 e. The number of nitrogens with one attached hydrogen (secondary N) is 2. The van der Waals surface area contributed by atoms with E-state index in [1.807, 2.05) is 18.2 Å². The molecule has 2 rings (SSSR count). The summed E-state index contributed by atoms with van der Waals surface area (Å²) < 4.78 is 0. The quantitative estimate of drug-likeness (QED) is 0.577. The Morgan fingerprint density at radius 1 is 1.17 bits per heavy atom. The molecule has 0 amide bonds. The second kappa shape index (κ2) is 8.24. The van der Waals surface area contributed by atoms with Crippen molar-refractivity contribution in [2.75, 3.05) is 37.8 Å². The highest BCUT2D eigenvalue weighted by Gasteiger charge is 2.02. The zero-order chi connectivity index (χ0) is 16.7. The first-order valence-corrected chi connectivity index (χ1v) is 7.64. The summed E-state index contributed by atoms with van der Waals surface area (Å²) in [6.07, 6.45) is 2.76. The molecule has 0 spiro atoms. The van der Waals surface area contributed by atoms with Gasteiger partial charge in [-0.15, -0.1) is 0 Å². The Morgan fingerprint density at radius 3 is 2.57 bits per heavy atom. The molecular formula is C17H23N5O. The summed E-state index contributed by atoms with van der Waals surface area (Å²) in [5.74, 6) is 1.37. The fraction of sp³-hybridized carbons (Fsp3) is 0.353. The summed E-state index contributed by atoms with van der Waals surface area (Å²) in [5, 5.41) is 6.43. The lowest BCUT2D eigenvalue weighted by Crippen LogP contribution is -2.16. The lowest BCUT2D eigenvalue weighted by Gasteiger charge is -2.11. The van der Waals surface area contributed by atoms with Gasteiger partial charge in [-0.2, -0.15) is 4.98 Å². The highest BCUT2D eigenvalue weighted by molar-refractivity contribution is 5.94. The number of carbonyl (C=O) groups excluding carboxylic acids is 1. The molecule has 0 saturated carbocycles. The summed E-state index contributed by atoms with van der Waals surface area (Å²) in [6.45, 7) is 3.45. The van der Waals surface area contributed by atoms with E-state index in [2.05, 4.69) is 39.6 Å². The van der Waals surface area contributed by atoms with Crippen molar-refractivity contribution in [3.8, 4) is 0 Å². The van der Waals surface area contributed by atoms with E-state index >= 15 is 0 Å². The Hall–Kier alpha value is -2.47. The van der Waals surface area contributed by atoms with Crippen LogP contribution in [0.2, 0.25) is 0 Å². The maximum Gasteiger partial charge on any atom is 0.229 e. The number of hydrogen-bond acceptors (Lipinski definition) is 6. The maximum atomic E-state index is 11.3. The van der Waals surface area contributed by atoms with E-state index in [9.17, 15) is 4.79 Å². The molecule has 122 valence electrons. The van der Waals surface area contributed by atoms with Gasteiger partial charge >= 0.3 is 0 Å². The van der Waals surface area contributed by atoms with Crippen LogP contribution in [0, 0.1) is 0 Å². The van der Waals surface area contributed by atoms with Crippen LogP contribution in [0.4, 0.5) is 17.5 Å². The lowest BCUT2D eigenvalue weighted by atomic mass is 10.1. The third kappa shape index (κ3) is 5.67. The molecule has 1 aromatic carbocycles. The molecule has 1 aromatic heterocycles. The van der Waals surface area contributed by atoms with Crippen molar-refractivity contribution in [3.05, 3.63) is 42.1 Å². The number of ketones is 1. The molecule has 0 fully saturated rings. The maximum absolute atomic E-state index is 11.3. The number of anilines is 3. The molecule has 0 bridgehead atoms. The number of aromatic nitrogens is 2. The molecule has 0 saturated heterocycles. The normalized spacial score (nSPS) is 10.6. The Bertz CT molecular complexity index is 640. The van der Waals surface area contributed by atoms with Crippen LogP contribution in [0.25, 0.3) is 0 Å². The van der Waals surface area contributed by atoms with Crippen LogP contribution in [0.1, 0.15) is 23.7 Å². The molecule has 1 heterocycles. The number of nitrogens with zero attached hydrogens (tertiary/aromatic N) is 3. The van der Waals surface area contributed by atoms with E-state index in [1.54, 1.807) is 25.3 Å². The van der Waals surface area contributed by atoms with Gasteiger partial charge in [-0.3, -0.25) is 4.79 Å². The molecule has 0 unspecified atom stereocenters. The number of benzene rings is 1. The first kappa shape index (κ1) is 16.9. The molecule has 6 heteroatoms. The van der Waals surface area contributed by atoms with E-state index < -0.39 is 0 Å². The number of carbonyl (C=O) groups is 1. The summed E-state index contributed by atoms with van der Waals surface area (Å²) in [5.41, 5.74) is 1.53. The zero-order valence-electron chi connectivity index (χ0n) is 13.8. The summed E-state index contributed by atoms with van der Waals surface area (Å²) >= 11 is 0. The van der Waals surface area contributed by atoms with Crippen LogP contribution < -0.4 is 10.6 Å². The van der Waals surface area contributed by atoms with Crippen molar-refractivity contribution < 1.29 is 4.79 Å². The van der Waals surface area contributed by atoms with E-state index in [-0.39, 0.29) is 5.78 Å². The molecule has 0 aliphatic heterocycles. The van der Waals surface area contributed by atoms with Gasteiger partial charge in [0.15, 0.2) is 5.78 Å². The highest BCUT2D eigenvalue weighted by Crippen LogP contribution is 2.15. The summed E-state index contributed by atoms with van der Waals surface area (Å²) in [4.78, 5) is 22.1. The average Bonchev–Trinajstić information content (AvgIpc) is 2.52. The molecule has 0 radical (unpaired) electrons. The van der Waals surface area contributed by atoms with Crippen molar-refractivity contribution >= 4 is 23.2 Å². The fourth-order valence-corrected chi connectivity index (χ4v) is 2.05. The third-order valence-electron chi connectivity index (χ3n) is 3.29. The Balaban J connectivity index is 1.92. The molecule has 0 aliphatic rings. The molecule has 2 aromatic rings. The Kier molecular flexibility index (Phi) is 6.05.